The van der Waals surface area contributed by atoms with E-state index in [-0.39, 0.29) is 36.8 Å². The first-order valence-electron chi connectivity index (χ1n) is 7.00. The number of anilines is 1. The summed E-state index contributed by atoms with van der Waals surface area (Å²) < 4.78 is 0. The van der Waals surface area contributed by atoms with Crippen LogP contribution < -0.4 is 15.5 Å². The summed E-state index contributed by atoms with van der Waals surface area (Å²) in [5.41, 5.74) is 2.10. The van der Waals surface area contributed by atoms with Gasteiger partial charge in [0.25, 0.3) is 0 Å². The van der Waals surface area contributed by atoms with E-state index in [0.717, 1.165) is 24.2 Å². The smallest absolute Gasteiger partial charge is 0.224 e. The van der Waals surface area contributed by atoms with Gasteiger partial charge in [0.1, 0.15) is 0 Å². The van der Waals surface area contributed by atoms with Gasteiger partial charge >= 0.3 is 0 Å². The van der Waals surface area contributed by atoms with Gasteiger partial charge in [-0.1, -0.05) is 12.1 Å². The SMILES string of the molecule is CN(C)c1ccc(CC(=O)N[C@@H]2CCNC[C@H]2O)cc1.Cl.Cl. The molecule has 2 rings (SSSR count). The Morgan fingerprint density at radius 3 is 2.50 bits per heavy atom. The quantitative estimate of drug-likeness (QED) is 0.758. The second-order valence-electron chi connectivity index (χ2n) is 5.47. The molecule has 22 heavy (non-hydrogen) atoms. The molecule has 1 amide bonds. The number of nitrogens with zero attached hydrogens (tertiary/aromatic N) is 1. The Morgan fingerprint density at radius 1 is 1.32 bits per heavy atom. The fourth-order valence-corrected chi connectivity index (χ4v) is 2.37. The van der Waals surface area contributed by atoms with Crippen molar-refractivity contribution in [1.29, 1.82) is 0 Å². The van der Waals surface area contributed by atoms with Crippen molar-refractivity contribution < 1.29 is 9.90 Å². The molecule has 1 aliphatic rings. The second kappa shape index (κ2) is 9.90. The molecule has 2 atom stereocenters. The highest BCUT2D eigenvalue weighted by Gasteiger charge is 2.24. The van der Waals surface area contributed by atoms with Crippen LogP contribution in [0.25, 0.3) is 0 Å². The average molecular weight is 350 g/mol. The lowest BCUT2D eigenvalue weighted by Gasteiger charge is -2.29. The highest BCUT2D eigenvalue weighted by atomic mass is 35.5. The lowest BCUT2D eigenvalue weighted by molar-refractivity contribution is -0.122. The van der Waals surface area contributed by atoms with E-state index < -0.39 is 6.10 Å². The van der Waals surface area contributed by atoms with Gasteiger partial charge in [-0.2, -0.15) is 0 Å². The number of benzene rings is 1. The van der Waals surface area contributed by atoms with E-state index in [1.54, 1.807) is 0 Å². The zero-order valence-corrected chi connectivity index (χ0v) is 14.5. The summed E-state index contributed by atoms with van der Waals surface area (Å²) in [7, 11) is 3.97. The van der Waals surface area contributed by atoms with E-state index in [1.165, 1.54) is 0 Å². The summed E-state index contributed by atoms with van der Waals surface area (Å²) >= 11 is 0. The standard InChI is InChI=1S/C15H23N3O2.2ClH/c1-18(2)12-5-3-11(4-6-12)9-15(20)17-13-7-8-16-10-14(13)19;;/h3-6,13-14,16,19H,7-10H2,1-2H3,(H,17,20);2*1H/t13-,14-;;/m1../s1. The molecular weight excluding hydrogens is 325 g/mol. The third kappa shape index (κ3) is 6.01. The number of carbonyl (C=O) groups excluding carboxylic acids is 1. The van der Waals surface area contributed by atoms with Crippen LogP contribution in [0.3, 0.4) is 0 Å². The second-order valence-corrected chi connectivity index (χ2v) is 5.47. The molecule has 1 fully saturated rings. The molecule has 1 aliphatic heterocycles. The molecule has 1 aromatic rings. The number of hydrogen-bond acceptors (Lipinski definition) is 4. The Hall–Kier alpha value is -1.01. The van der Waals surface area contributed by atoms with Crippen LogP contribution in [0.2, 0.25) is 0 Å². The average Bonchev–Trinajstić information content (AvgIpc) is 2.42. The Labute approximate surface area is 144 Å². The first-order valence-corrected chi connectivity index (χ1v) is 7.00. The van der Waals surface area contributed by atoms with Crippen LogP contribution >= 0.6 is 24.8 Å². The van der Waals surface area contributed by atoms with E-state index in [4.69, 9.17) is 0 Å². The summed E-state index contributed by atoms with van der Waals surface area (Å²) in [5, 5.41) is 15.8. The largest absolute Gasteiger partial charge is 0.390 e. The molecule has 7 heteroatoms. The molecule has 1 aromatic carbocycles. The van der Waals surface area contributed by atoms with Crippen LogP contribution in [0.4, 0.5) is 5.69 Å². The topological polar surface area (TPSA) is 64.6 Å². The van der Waals surface area contributed by atoms with Gasteiger partial charge in [0, 0.05) is 26.3 Å². The van der Waals surface area contributed by atoms with Crippen molar-refractivity contribution >= 4 is 36.4 Å². The highest BCUT2D eigenvalue weighted by Crippen LogP contribution is 2.13. The summed E-state index contributed by atoms with van der Waals surface area (Å²) in [5.74, 6) is -0.0337. The number of aliphatic hydroxyl groups is 1. The molecular formula is C15H25Cl2N3O2. The Bertz CT molecular complexity index is 455. The molecule has 0 spiro atoms. The van der Waals surface area contributed by atoms with Crippen molar-refractivity contribution in [2.24, 2.45) is 0 Å². The van der Waals surface area contributed by atoms with E-state index in [1.807, 2.05) is 43.3 Å². The first kappa shape index (κ1) is 21.0. The highest BCUT2D eigenvalue weighted by molar-refractivity contribution is 5.85. The fourth-order valence-electron chi connectivity index (χ4n) is 2.37. The number of aliphatic hydroxyl groups excluding tert-OH is 1. The van der Waals surface area contributed by atoms with Crippen LogP contribution in [0.1, 0.15) is 12.0 Å². The van der Waals surface area contributed by atoms with Gasteiger partial charge in [-0.25, -0.2) is 0 Å². The van der Waals surface area contributed by atoms with Gasteiger partial charge in [-0.3, -0.25) is 4.79 Å². The zero-order chi connectivity index (χ0) is 14.5. The van der Waals surface area contributed by atoms with Gasteiger partial charge in [-0.05, 0) is 30.7 Å². The van der Waals surface area contributed by atoms with Gasteiger partial charge < -0.3 is 20.6 Å². The number of rotatable bonds is 4. The number of piperidine rings is 1. The third-order valence-electron chi connectivity index (χ3n) is 3.61. The summed E-state index contributed by atoms with van der Waals surface area (Å²) in [6.45, 7) is 1.38. The molecule has 126 valence electrons. The van der Waals surface area contributed by atoms with E-state index >= 15 is 0 Å². The Morgan fingerprint density at radius 2 is 1.95 bits per heavy atom. The molecule has 0 unspecified atom stereocenters. The Kier molecular flexibility index (Phi) is 9.44. The first-order chi connectivity index (χ1) is 9.56. The molecule has 0 saturated carbocycles. The summed E-state index contributed by atoms with van der Waals surface area (Å²) in [6, 6.07) is 7.80. The van der Waals surface area contributed by atoms with Gasteiger partial charge in [0.15, 0.2) is 0 Å². The van der Waals surface area contributed by atoms with Crippen molar-refractivity contribution in [1.82, 2.24) is 10.6 Å². The maximum Gasteiger partial charge on any atom is 0.224 e. The van der Waals surface area contributed by atoms with Crippen molar-refractivity contribution in [2.75, 3.05) is 32.1 Å². The van der Waals surface area contributed by atoms with Crippen LogP contribution in [0.15, 0.2) is 24.3 Å². The van der Waals surface area contributed by atoms with Crippen molar-refractivity contribution in [3.63, 3.8) is 0 Å². The van der Waals surface area contributed by atoms with Crippen LogP contribution in [-0.2, 0) is 11.2 Å². The van der Waals surface area contributed by atoms with Crippen molar-refractivity contribution in [2.45, 2.75) is 25.0 Å². The number of nitrogens with one attached hydrogen (secondary N) is 2. The van der Waals surface area contributed by atoms with Crippen LogP contribution in [0, 0.1) is 0 Å². The number of carbonyl (C=O) groups is 1. The molecule has 3 N–H and O–H groups in total. The molecule has 0 radical (unpaired) electrons. The van der Waals surface area contributed by atoms with Gasteiger partial charge in [-0.15, -0.1) is 24.8 Å². The summed E-state index contributed by atoms with van der Waals surface area (Å²) in [4.78, 5) is 14.0. The molecule has 1 heterocycles. The fraction of sp³-hybridized carbons (Fsp3) is 0.533. The maximum absolute atomic E-state index is 12.0. The molecule has 1 saturated heterocycles. The minimum atomic E-state index is -0.496. The predicted molar refractivity (Wildman–Crippen MR) is 94.4 cm³/mol. The van der Waals surface area contributed by atoms with Crippen molar-refractivity contribution in [3.8, 4) is 0 Å². The van der Waals surface area contributed by atoms with Crippen LogP contribution in [0.5, 0.6) is 0 Å². The zero-order valence-electron chi connectivity index (χ0n) is 12.9. The minimum absolute atomic E-state index is 0. The van der Waals surface area contributed by atoms with Crippen LogP contribution in [-0.4, -0.2) is 50.3 Å². The Balaban J connectivity index is 0.00000220. The van der Waals surface area contributed by atoms with Gasteiger partial charge in [0.05, 0.1) is 18.6 Å². The van der Waals surface area contributed by atoms with E-state index in [0.29, 0.717) is 13.0 Å². The number of amides is 1. The molecule has 0 bridgehead atoms. The lowest BCUT2D eigenvalue weighted by Crippen LogP contribution is -2.52. The minimum Gasteiger partial charge on any atom is -0.390 e. The lowest BCUT2D eigenvalue weighted by atomic mass is 10.0. The third-order valence-corrected chi connectivity index (χ3v) is 3.61. The number of halogens is 2. The normalized spacial score (nSPS) is 20.3. The monoisotopic (exact) mass is 349 g/mol. The summed E-state index contributed by atoms with van der Waals surface area (Å²) in [6.07, 6.45) is 0.625. The molecule has 0 aliphatic carbocycles. The van der Waals surface area contributed by atoms with Gasteiger partial charge in [0.2, 0.25) is 5.91 Å². The van der Waals surface area contributed by atoms with E-state index in [9.17, 15) is 9.90 Å². The number of hydrogen-bond donors (Lipinski definition) is 3. The van der Waals surface area contributed by atoms with E-state index in [2.05, 4.69) is 10.6 Å². The molecule has 5 nitrogen and oxygen atoms in total. The molecule has 0 aromatic heterocycles. The predicted octanol–water partition coefficient (Wildman–Crippen LogP) is 0.978. The number of β-amino-alcohol motifs (C(OH)–C–C–N with tert-alkyl or cyclic N) is 1. The van der Waals surface area contributed by atoms with Crippen molar-refractivity contribution in [3.05, 3.63) is 29.8 Å². The maximum atomic E-state index is 12.0.